The maximum absolute atomic E-state index is 10.2. The minimum Gasteiger partial charge on any atom is -0.388 e. The van der Waals surface area contributed by atoms with Gasteiger partial charge in [-0.3, -0.25) is 4.99 Å². The van der Waals surface area contributed by atoms with E-state index in [0.717, 1.165) is 44.7 Å². The number of nitrogens with one attached hydrogen (secondary N) is 3. The number of aromatic nitrogens is 1. The molecule has 0 atom stereocenters. The smallest absolute Gasteiger partial charge is 0.191 e. The lowest BCUT2D eigenvalue weighted by Crippen LogP contribution is -2.43. The van der Waals surface area contributed by atoms with E-state index in [1.807, 2.05) is 0 Å². The Morgan fingerprint density at radius 1 is 1.32 bits per heavy atom. The van der Waals surface area contributed by atoms with Crippen LogP contribution >= 0.6 is 24.0 Å². The summed E-state index contributed by atoms with van der Waals surface area (Å²) < 4.78 is 0. The highest BCUT2D eigenvalue weighted by molar-refractivity contribution is 14.0. The Labute approximate surface area is 166 Å². The molecule has 1 fully saturated rings. The van der Waals surface area contributed by atoms with E-state index >= 15 is 0 Å². The number of hydrogen-bond acceptors (Lipinski definition) is 2. The molecule has 5 nitrogen and oxygen atoms in total. The van der Waals surface area contributed by atoms with E-state index in [2.05, 4.69) is 58.9 Å². The predicted octanol–water partition coefficient (Wildman–Crippen LogP) is 3.11. The third kappa shape index (κ3) is 5.10. The topological polar surface area (TPSA) is 72.4 Å². The van der Waals surface area contributed by atoms with Gasteiger partial charge in [0.15, 0.2) is 5.96 Å². The van der Waals surface area contributed by atoms with Crippen molar-refractivity contribution in [2.75, 3.05) is 19.6 Å². The van der Waals surface area contributed by atoms with E-state index < -0.39 is 5.60 Å². The van der Waals surface area contributed by atoms with Crippen molar-refractivity contribution in [3.63, 3.8) is 0 Å². The number of hydrogen-bond donors (Lipinski definition) is 4. The van der Waals surface area contributed by atoms with Crippen molar-refractivity contribution in [1.82, 2.24) is 15.6 Å². The largest absolute Gasteiger partial charge is 0.388 e. The number of guanidine groups is 1. The molecule has 1 saturated carbocycles. The summed E-state index contributed by atoms with van der Waals surface area (Å²) in [7, 11) is 0. The zero-order chi connectivity index (χ0) is 17.0. The first-order valence-electron chi connectivity index (χ1n) is 8.91. The molecular weight excluding hydrogens is 427 g/mol. The summed E-state index contributed by atoms with van der Waals surface area (Å²) in [6.07, 6.45) is 5.86. The molecule has 1 aromatic heterocycles. The molecule has 1 aliphatic rings. The molecule has 1 aromatic carbocycles. The number of aliphatic hydroxyl groups is 1. The zero-order valence-electron chi connectivity index (χ0n) is 15.1. The fourth-order valence-corrected chi connectivity index (χ4v) is 3.13. The third-order valence-electron chi connectivity index (χ3n) is 4.77. The van der Waals surface area contributed by atoms with Crippen molar-refractivity contribution < 1.29 is 5.11 Å². The number of aryl methyl sites for hydroxylation is 1. The highest BCUT2D eigenvalue weighted by Crippen LogP contribution is 2.31. The quantitative estimate of drug-likeness (QED) is 0.307. The second kappa shape index (κ2) is 8.89. The second-order valence-electron chi connectivity index (χ2n) is 6.81. The SMILES string of the molecule is CCNC(=NCC1(O)CCC1)NCCc1c[nH]c2cc(C)ccc12.I. The molecule has 0 radical (unpaired) electrons. The highest BCUT2D eigenvalue weighted by Gasteiger charge is 2.34. The van der Waals surface area contributed by atoms with Crippen LogP contribution in [-0.4, -0.2) is 41.3 Å². The molecule has 1 heterocycles. The Bertz CT molecular complexity index is 721. The van der Waals surface area contributed by atoms with Gasteiger partial charge in [-0.15, -0.1) is 24.0 Å². The Balaban J connectivity index is 0.00000225. The minimum absolute atomic E-state index is 0. The summed E-state index contributed by atoms with van der Waals surface area (Å²) in [6.45, 7) is 6.27. The molecule has 0 unspecified atom stereocenters. The zero-order valence-corrected chi connectivity index (χ0v) is 17.4. The second-order valence-corrected chi connectivity index (χ2v) is 6.81. The maximum atomic E-state index is 10.2. The Morgan fingerprint density at radius 2 is 2.12 bits per heavy atom. The Kier molecular flexibility index (Phi) is 7.13. The summed E-state index contributed by atoms with van der Waals surface area (Å²) in [4.78, 5) is 7.88. The van der Waals surface area contributed by atoms with Crippen LogP contribution in [0.2, 0.25) is 0 Å². The first-order chi connectivity index (χ1) is 11.6. The van der Waals surface area contributed by atoms with Gasteiger partial charge in [0.2, 0.25) is 0 Å². The fourth-order valence-electron chi connectivity index (χ4n) is 3.13. The molecule has 2 aromatic rings. The van der Waals surface area contributed by atoms with Crippen LogP contribution < -0.4 is 10.6 Å². The first-order valence-corrected chi connectivity index (χ1v) is 8.91. The fraction of sp³-hybridized carbons (Fsp3) is 0.526. The summed E-state index contributed by atoms with van der Waals surface area (Å²) >= 11 is 0. The van der Waals surface area contributed by atoms with Crippen LogP contribution in [0.15, 0.2) is 29.4 Å². The van der Waals surface area contributed by atoms with Gasteiger partial charge < -0.3 is 20.7 Å². The van der Waals surface area contributed by atoms with Gasteiger partial charge in [-0.1, -0.05) is 12.1 Å². The summed E-state index contributed by atoms with van der Waals surface area (Å²) in [5.41, 5.74) is 3.20. The lowest BCUT2D eigenvalue weighted by atomic mass is 9.80. The van der Waals surface area contributed by atoms with Gasteiger partial charge >= 0.3 is 0 Å². The number of aliphatic imine (C=N–C) groups is 1. The van der Waals surface area contributed by atoms with Crippen LogP contribution in [0.5, 0.6) is 0 Å². The number of benzene rings is 1. The van der Waals surface area contributed by atoms with E-state index in [1.54, 1.807) is 0 Å². The molecule has 0 aliphatic heterocycles. The summed E-state index contributed by atoms with van der Waals surface area (Å²) in [5.74, 6) is 0.786. The molecular formula is C19H29IN4O. The molecule has 0 bridgehead atoms. The van der Waals surface area contributed by atoms with Gasteiger partial charge in [0.1, 0.15) is 0 Å². The van der Waals surface area contributed by atoms with Gasteiger partial charge in [0.05, 0.1) is 12.1 Å². The molecule has 6 heteroatoms. The normalized spacial score (nSPS) is 16.2. The number of nitrogens with zero attached hydrogens (tertiary/aromatic N) is 1. The van der Waals surface area contributed by atoms with Crippen LogP contribution in [0.1, 0.15) is 37.3 Å². The van der Waals surface area contributed by atoms with Crippen molar-refractivity contribution in [1.29, 1.82) is 0 Å². The molecule has 3 rings (SSSR count). The van der Waals surface area contributed by atoms with Crippen molar-refractivity contribution in [3.05, 3.63) is 35.5 Å². The molecule has 0 amide bonds. The highest BCUT2D eigenvalue weighted by atomic mass is 127. The van der Waals surface area contributed by atoms with Gasteiger partial charge in [0, 0.05) is 30.2 Å². The van der Waals surface area contributed by atoms with Crippen LogP contribution in [-0.2, 0) is 6.42 Å². The molecule has 0 saturated heterocycles. The molecule has 4 N–H and O–H groups in total. The van der Waals surface area contributed by atoms with Gasteiger partial charge in [-0.25, -0.2) is 0 Å². The van der Waals surface area contributed by atoms with Crippen molar-refractivity contribution in [2.24, 2.45) is 4.99 Å². The van der Waals surface area contributed by atoms with Gasteiger partial charge in [0.25, 0.3) is 0 Å². The number of aromatic amines is 1. The molecule has 25 heavy (non-hydrogen) atoms. The number of fused-ring (bicyclic) bond motifs is 1. The lowest BCUT2D eigenvalue weighted by Gasteiger charge is -2.35. The average molecular weight is 456 g/mol. The molecule has 1 aliphatic carbocycles. The number of rotatable bonds is 6. The van der Waals surface area contributed by atoms with E-state index in [4.69, 9.17) is 0 Å². The van der Waals surface area contributed by atoms with Gasteiger partial charge in [-0.05, 0) is 56.7 Å². The molecule has 0 spiro atoms. The monoisotopic (exact) mass is 456 g/mol. The van der Waals surface area contributed by atoms with E-state index in [0.29, 0.717) is 6.54 Å². The van der Waals surface area contributed by atoms with Crippen LogP contribution in [0.3, 0.4) is 0 Å². The summed E-state index contributed by atoms with van der Waals surface area (Å²) in [6, 6.07) is 6.51. The van der Waals surface area contributed by atoms with Crippen molar-refractivity contribution in [3.8, 4) is 0 Å². The van der Waals surface area contributed by atoms with Gasteiger partial charge in [-0.2, -0.15) is 0 Å². The van der Waals surface area contributed by atoms with Crippen molar-refractivity contribution in [2.45, 2.75) is 45.1 Å². The van der Waals surface area contributed by atoms with Crippen LogP contribution in [0.4, 0.5) is 0 Å². The van der Waals surface area contributed by atoms with Crippen molar-refractivity contribution >= 4 is 40.8 Å². The lowest BCUT2D eigenvalue weighted by molar-refractivity contribution is -0.0236. The first kappa shape index (κ1) is 20.0. The summed E-state index contributed by atoms with van der Waals surface area (Å²) in [5, 5.41) is 18.1. The van der Waals surface area contributed by atoms with E-state index in [-0.39, 0.29) is 24.0 Å². The standard InChI is InChI=1S/C19H28N4O.HI/c1-3-20-18(23-13-19(24)8-4-9-19)21-10-7-15-12-22-17-11-14(2)5-6-16(15)17;/h5-6,11-12,22,24H,3-4,7-10,13H2,1-2H3,(H2,20,21,23);1H. The van der Waals surface area contributed by atoms with E-state index in [9.17, 15) is 5.11 Å². The Morgan fingerprint density at radius 3 is 2.80 bits per heavy atom. The number of halogens is 1. The maximum Gasteiger partial charge on any atom is 0.191 e. The Hall–Kier alpha value is -1.28. The number of H-pyrrole nitrogens is 1. The predicted molar refractivity (Wildman–Crippen MR) is 115 cm³/mol. The van der Waals surface area contributed by atoms with E-state index in [1.165, 1.54) is 22.0 Å². The van der Waals surface area contributed by atoms with Crippen LogP contribution in [0.25, 0.3) is 10.9 Å². The third-order valence-corrected chi connectivity index (χ3v) is 4.77. The minimum atomic E-state index is -0.572. The average Bonchev–Trinajstić information content (AvgIpc) is 2.93. The van der Waals surface area contributed by atoms with Crippen LogP contribution in [0, 0.1) is 6.92 Å². The molecule has 138 valence electrons.